The lowest BCUT2D eigenvalue weighted by molar-refractivity contribution is 0.102. The van der Waals surface area contributed by atoms with Crippen LogP contribution in [0.25, 0.3) is 0 Å². The first-order valence-corrected chi connectivity index (χ1v) is 10.0. The number of hydrogen-bond donors (Lipinski definition) is 1. The highest BCUT2D eigenvalue weighted by Crippen LogP contribution is 2.22. The second-order valence-corrected chi connectivity index (χ2v) is 7.78. The summed E-state index contributed by atoms with van der Waals surface area (Å²) in [6.07, 6.45) is 0. The van der Waals surface area contributed by atoms with Crippen LogP contribution >= 0.6 is 27.5 Å². The summed E-state index contributed by atoms with van der Waals surface area (Å²) in [6, 6.07) is 13.2. The Kier molecular flexibility index (Phi) is 6.70. The third-order valence-electron chi connectivity index (χ3n) is 4.70. The van der Waals surface area contributed by atoms with Gasteiger partial charge >= 0.3 is 0 Å². The van der Waals surface area contributed by atoms with E-state index in [0.29, 0.717) is 10.6 Å². The number of nitrogens with zero attached hydrogens (tertiary/aromatic N) is 2. The van der Waals surface area contributed by atoms with Crippen LogP contribution in [0.15, 0.2) is 46.9 Å². The quantitative estimate of drug-likeness (QED) is 0.750. The minimum absolute atomic E-state index is 0.178. The molecule has 4 nitrogen and oxygen atoms in total. The number of rotatable bonds is 5. The standard InChI is InChI=1S/C20H23BrClN3O/c1-2-24-9-11-25(12-10-24)14-15-3-6-17(7-4-15)23-20(26)18-13-16(22)5-8-19(18)21/h3-8,13H,2,9-12,14H2,1H3,(H,23,26). The van der Waals surface area contributed by atoms with Gasteiger partial charge in [-0.3, -0.25) is 9.69 Å². The van der Waals surface area contributed by atoms with E-state index in [4.69, 9.17) is 11.6 Å². The number of likely N-dealkylation sites (N-methyl/N-ethyl adjacent to an activating group) is 1. The van der Waals surface area contributed by atoms with Crippen molar-refractivity contribution in [2.45, 2.75) is 13.5 Å². The van der Waals surface area contributed by atoms with Crippen LogP contribution in [0.2, 0.25) is 5.02 Å². The molecular weight excluding hydrogens is 414 g/mol. The Labute approximate surface area is 168 Å². The van der Waals surface area contributed by atoms with Gasteiger partial charge in [0, 0.05) is 47.9 Å². The van der Waals surface area contributed by atoms with Crippen LogP contribution in [0.4, 0.5) is 5.69 Å². The first-order chi connectivity index (χ1) is 12.5. The summed E-state index contributed by atoms with van der Waals surface area (Å²) in [7, 11) is 0. The van der Waals surface area contributed by atoms with Gasteiger partial charge in [0.2, 0.25) is 0 Å². The molecule has 1 heterocycles. The van der Waals surface area contributed by atoms with E-state index in [-0.39, 0.29) is 5.91 Å². The third kappa shape index (κ3) is 5.07. The zero-order chi connectivity index (χ0) is 18.5. The number of anilines is 1. The molecule has 2 aromatic carbocycles. The van der Waals surface area contributed by atoms with Crippen molar-refractivity contribution in [3.05, 3.63) is 63.1 Å². The molecule has 6 heteroatoms. The molecule has 1 saturated heterocycles. The highest BCUT2D eigenvalue weighted by molar-refractivity contribution is 9.10. The molecule has 1 fully saturated rings. The van der Waals surface area contributed by atoms with Gasteiger partial charge in [-0.15, -0.1) is 0 Å². The lowest BCUT2D eigenvalue weighted by atomic mass is 10.1. The lowest BCUT2D eigenvalue weighted by Crippen LogP contribution is -2.45. The predicted molar refractivity (Wildman–Crippen MR) is 111 cm³/mol. The van der Waals surface area contributed by atoms with Crippen LogP contribution in [-0.2, 0) is 6.54 Å². The Bertz CT molecular complexity index is 758. The van der Waals surface area contributed by atoms with Crippen LogP contribution in [0.1, 0.15) is 22.8 Å². The molecule has 0 radical (unpaired) electrons. The Balaban J connectivity index is 1.57. The zero-order valence-corrected chi connectivity index (χ0v) is 17.2. The molecule has 138 valence electrons. The fourth-order valence-electron chi connectivity index (χ4n) is 3.09. The van der Waals surface area contributed by atoms with E-state index in [1.165, 1.54) is 5.56 Å². The molecule has 26 heavy (non-hydrogen) atoms. The average Bonchev–Trinajstić information content (AvgIpc) is 2.66. The number of amides is 1. The van der Waals surface area contributed by atoms with Gasteiger partial charge in [0.25, 0.3) is 5.91 Å². The van der Waals surface area contributed by atoms with E-state index in [1.54, 1.807) is 18.2 Å². The monoisotopic (exact) mass is 435 g/mol. The molecule has 0 bridgehead atoms. The summed E-state index contributed by atoms with van der Waals surface area (Å²) in [5.74, 6) is -0.178. The van der Waals surface area contributed by atoms with E-state index in [2.05, 4.69) is 50.1 Å². The van der Waals surface area contributed by atoms with Gasteiger partial charge < -0.3 is 10.2 Å². The molecule has 0 aliphatic carbocycles. The zero-order valence-electron chi connectivity index (χ0n) is 14.8. The van der Waals surface area contributed by atoms with E-state index >= 15 is 0 Å². The number of nitrogens with one attached hydrogen (secondary N) is 1. The van der Waals surface area contributed by atoms with Crippen molar-refractivity contribution in [3.8, 4) is 0 Å². The van der Waals surface area contributed by atoms with Gasteiger partial charge in [-0.25, -0.2) is 0 Å². The van der Waals surface area contributed by atoms with Gasteiger partial charge in [-0.2, -0.15) is 0 Å². The second kappa shape index (κ2) is 9.00. The fourth-order valence-corrected chi connectivity index (χ4v) is 3.68. The van der Waals surface area contributed by atoms with Crippen molar-refractivity contribution in [1.82, 2.24) is 9.80 Å². The summed E-state index contributed by atoms with van der Waals surface area (Å²) >= 11 is 9.38. The summed E-state index contributed by atoms with van der Waals surface area (Å²) in [5, 5.41) is 3.46. The maximum Gasteiger partial charge on any atom is 0.256 e. The molecule has 1 N–H and O–H groups in total. The van der Waals surface area contributed by atoms with Crippen molar-refractivity contribution in [2.75, 3.05) is 38.0 Å². The maximum absolute atomic E-state index is 12.4. The van der Waals surface area contributed by atoms with Crippen molar-refractivity contribution < 1.29 is 4.79 Å². The summed E-state index contributed by atoms with van der Waals surface area (Å²) in [5.41, 5.74) is 2.56. The second-order valence-electron chi connectivity index (χ2n) is 6.49. The average molecular weight is 437 g/mol. The highest BCUT2D eigenvalue weighted by atomic mass is 79.9. The van der Waals surface area contributed by atoms with E-state index < -0.39 is 0 Å². The molecule has 0 aromatic heterocycles. The molecule has 3 rings (SSSR count). The fraction of sp³-hybridized carbons (Fsp3) is 0.350. The number of benzene rings is 2. The maximum atomic E-state index is 12.4. The van der Waals surface area contributed by atoms with E-state index in [9.17, 15) is 4.79 Å². The molecule has 1 aliphatic heterocycles. The van der Waals surface area contributed by atoms with Crippen molar-refractivity contribution >= 4 is 39.1 Å². The van der Waals surface area contributed by atoms with Crippen molar-refractivity contribution in [3.63, 3.8) is 0 Å². The van der Waals surface area contributed by atoms with Gasteiger partial charge in [-0.05, 0) is 58.4 Å². The van der Waals surface area contributed by atoms with Gasteiger partial charge in [-0.1, -0.05) is 30.7 Å². The molecule has 0 unspecified atom stereocenters. The molecule has 1 aliphatic rings. The summed E-state index contributed by atoms with van der Waals surface area (Å²) < 4.78 is 0.724. The van der Waals surface area contributed by atoms with Crippen molar-refractivity contribution in [1.29, 1.82) is 0 Å². The van der Waals surface area contributed by atoms with E-state index in [1.807, 2.05) is 12.1 Å². The number of carbonyl (C=O) groups excluding carboxylic acids is 1. The third-order valence-corrected chi connectivity index (χ3v) is 5.63. The molecule has 1 amide bonds. The highest BCUT2D eigenvalue weighted by Gasteiger charge is 2.15. The number of carbonyl (C=O) groups is 1. The van der Waals surface area contributed by atoms with Gasteiger partial charge in [0.05, 0.1) is 5.56 Å². The summed E-state index contributed by atoms with van der Waals surface area (Å²) in [4.78, 5) is 17.4. The first kappa shape index (κ1) is 19.4. The Morgan fingerprint density at radius 2 is 1.73 bits per heavy atom. The number of hydrogen-bond acceptors (Lipinski definition) is 3. The summed E-state index contributed by atoms with van der Waals surface area (Å²) in [6.45, 7) is 8.78. The predicted octanol–water partition coefficient (Wildman–Crippen LogP) is 4.49. The molecular formula is C20H23BrClN3O. The Hall–Kier alpha value is -1.40. The largest absolute Gasteiger partial charge is 0.322 e. The van der Waals surface area contributed by atoms with Crippen molar-refractivity contribution in [2.24, 2.45) is 0 Å². The topological polar surface area (TPSA) is 35.6 Å². The number of piperazine rings is 1. The molecule has 0 atom stereocenters. The lowest BCUT2D eigenvalue weighted by Gasteiger charge is -2.34. The smallest absolute Gasteiger partial charge is 0.256 e. The number of halogens is 2. The van der Waals surface area contributed by atoms with Gasteiger partial charge in [0.15, 0.2) is 0 Å². The molecule has 2 aromatic rings. The van der Waals surface area contributed by atoms with Crippen LogP contribution in [-0.4, -0.2) is 48.4 Å². The Morgan fingerprint density at radius 3 is 2.38 bits per heavy atom. The van der Waals surface area contributed by atoms with Gasteiger partial charge in [0.1, 0.15) is 0 Å². The van der Waals surface area contributed by atoms with E-state index in [0.717, 1.165) is 49.4 Å². The normalized spacial score (nSPS) is 15.8. The van der Waals surface area contributed by atoms with Crippen LogP contribution in [0.3, 0.4) is 0 Å². The van der Waals surface area contributed by atoms with Crippen LogP contribution < -0.4 is 5.32 Å². The van der Waals surface area contributed by atoms with Crippen LogP contribution in [0, 0.1) is 0 Å². The molecule has 0 spiro atoms. The first-order valence-electron chi connectivity index (χ1n) is 8.85. The van der Waals surface area contributed by atoms with Crippen LogP contribution in [0.5, 0.6) is 0 Å². The SMILES string of the molecule is CCN1CCN(Cc2ccc(NC(=O)c3cc(Cl)ccc3Br)cc2)CC1. The minimum atomic E-state index is -0.178. The Morgan fingerprint density at radius 1 is 1.08 bits per heavy atom. The molecule has 0 saturated carbocycles. The minimum Gasteiger partial charge on any atom is -0.322 e.